The minimum Gasteiger partial charge on any atom is -0.368 e. The van der Waals surface area contributed by atoms with Crippen molar-refractivity contribution in [1.29, 1.82) is 0 Å². The summed E-state index contributed by atoms with van der Waals surface area (Å²) in [6.45, 7) is 3.04. The molecule has 0 radical (unpaired) electrons. The highest BCUT2D eigenvalue weighted by molar-refractivity contribution is 7.92. The van der Waals surface area contributed by atoms with Gasteiger partial charge in [-0.1, -0.05) is 42.0 Å². The van der Waals surface area contributed by atoms with Crippen molar-refractivity contribution in [3.63, 3.8) is 0 Å². The fourth-order valence-electron chi connectivity index (χ4n) is 4.07. The van der Waals surface area contributed by atoms with Gasteiger partial charge in [0.15, 0.2) is 0 Å². The molecule has 0 saturated carbocycles. The van der Waals surface area contributed by atoms with Gasteiger partial charge in [0.1, 0.15) is 6.54 Å². The summed E-state index contributed by atoms with van der Waals surface area (Å²) in [6.07, 6.45) is -4.66. The van der Waals surface area contributed by atoms with Crippen molar-refractivity contribution in [1.82, 2.24) is 4.90 Å². The molecule has 0 atom stereocenters. The second-order valence-electron chi connectivity index (χ2n) is 8.58. The first-order valence-corrected chi connectivity index (χ1v) is 12.8. The van der Waals surface area contributed by atoms with E-state index in [1.807, 2.05) is 30.3 Å². The molecule has 0 aliphatic carbocycles. The predicted octanol–water partition coefficient (Wildman–Crippen LogP) is 4.56. The van der Waals surface area contributed by atoms with Gasteiger partial charge in [0.2, 0.25) is 5.91 Å². The Kier molecular flexibility index (Phi) is 7.26. The molecule has 1 amide bonds. The number of hydrogen-bond donors (Lipinski definition) is 0. The number of carbonyl (C=O) groups is 1. The predicted molar refractivity (Wildman–Crippen MR) is 132 cm³/mol. The molecule has 1 aliphatic rings. The van der Waals surface area contributed by atoms with Gasteiger partial charge in [-0.05, 0) is 49.4 Å². The highest BCUT2D eigenvalue weighted by Crippen LogP contribution is 2.33. The highest BCUT2D eigenvalue weighted by Gasteiger charge is 2.34. The molecule has 0 spiro atoms. The van der Waals surface area contributed by atoms with Crippen molar-refractivity contribution in [2.24, 2.45) is 0 Å². The lowest BCUT2D eigenvalue weighted by atomic mass is 10.2. The van der Waals surface area contributed by atoms with E-state index in [9.17, 15) is 26.4 Å². The Morgan fingerprint density at radius 3 is 2.14 bits per heavy atom. The second-order valence-corrected chi connectivity index (χ2v) is 10.4. The summed E-state index contributed by atoms with van der Waals surface area (Å²) in [6, 6.07) is 19.7. The average molecular weight is 518 g/mol. The summed E-state index contributed by atoms with van der Waals surface area (Å²) in [5, 5.41) is 0. The minimum atomic E-state index is -4.66. The van der Waals surface area contributed by atoms with E-state index >= 15 is 0 Å². The second kappa shape index (κ2) is 10.2. The van der Waals surface area contributed by atoms with Crippen LogP contribution in [0.4, 0.5) is 24.5 Å². The van der Waals surface area contributed by atoms with Gasteiger partial charge in [-0.25, -0.2) is 8.42 Å². The van der Waals surface area contributed by atoms with E-state index in [0.717, 1.165) is 33.8 Å². The molecule has 0 unspecified atom stereocenters. The lowest BCUT2D eigenvalue weighted by molar-refractivity contribution is -0.137. The first-order chi connectivity index (χ1) is 17.1. The highest BCUT2D eigenvalue weighted by atomic mass is 32.2. The van der Waals surface area contributed by atoms with Crippen LogP contribution in [0.1, 0.15) is 11.1 Å². The van der Waals surface area contributed by atoms with Gasteiger partial charge < -0.3 is 9.80 Å². The van der Waals surface area contributed by atoms with Crippen LogP contribution < -0.4 is 9.21 Å². The molecule has 1 fully saturated rings. The summed E-state index contributed by atoms with van der Waals surface area (Å²) in [4.78, 5) is 16.8. The van der Waals surface area contributed by atoms with Crippen LogP contribution in [-0.4, -0.2) is 51.9 Å². The van der Waals surface area contributed by atoms with Crippen molar-refractivity contribution in [2.75, 3.05) is 41.9 Å². The Morgan fingerprint density at radius 2 is 1.53 bits per heavy atom. The summed E-state index contributed by atoms with van der Waals surface area (Å²) in [7, 11) is -4.31. The van der Waals surface area contributed by atoms with Gasteiger partial charge in [-0.2, -0.15) is 13.2 Å². The van der Waals surface area contributed by atoms with E-state index in [1.54, 1.807) is 24.0 Å². The van der Waals surface area contributed by atoms with Gasteiger partial charge in [-0.3, -0.25) is 9.10 Å². The van der Waals surface area contributed by atoms with Gasteiger partial charge in [-0.15, -0.1) is 0 Å². The summed E-state index contributed by atoms with van der Waals surface area (Å²) in [5.74, 6) is -0.476. The monoisotopic (exact) mass is 517 g/mol. The maximum absolute atomic E-state index is 13.5. The number of anilines is 2. The maximum Gasteiger partial charge on any atom is 0.416 e. The van der Waals surface area contributed by atoms with Crippen LogP contribution in [0.25, 0.3) is 0 Å². The molecule has 6 nitrogen and oxygen atoms in total. The zero-order valence-corrected chi connectivity index (χ0v) is 20.5. The number of rotatable bonds is 6. The minimum absolute atomic E-state index is 0.104. The Morgan fingerprint density at radius 1 is 0.889 bits per heavy atom. The van der Waals surface area contributed by atoms with Gasteiger partial charge in [0.05, 0.1) is 16.1 Å². The molecule has 4 rings (SSSR count). The molecule has 10 heteroatoms. The summed E-state index contributed by atoms with van der Waals surface area (Å²) in [5.41, 5.74) is 0.638. The van der Waals surface area contributed by atoms with E-state index in [4.69, 9.17) is 0 Å². The fraction of sp³-hybridized carbons (Fsp3) is 0.269. The molecule has 190 valence electrons. The van der Waals surface area contributed by atoms with Crippen molar-refractivity contribution >= 4 is 27.3 Å². The number of halogens is 3. The van der Waals surface area contributed by atoms with Crippen molar-refractivity contribution in [3.05, 3.63) is 90.0 Å². The molecule has 36 heavy (non-hydrogen) atoms. The molecule has 3 aromatic rings. The zero-order chi connectivity index (χ0) is 25.9. The molecular formula is C26H26F3N3O3S. The number of benzene rings is 3. The average Bonchev–Trinajstić information content (AvgIpc) is 2.87. The molecule has 1 aliphatic heterocycles. The Hall–Kier alpha value is -3.53. The van der Waals surface area contributed by atoms with Crippen LogP contribution in [0.2, 0.25) is 0 Å². The Bertz CT molecular complexity index is 1310. The standard InChI is InChI=1S/C26H26F3N3O3S/c1-20-10-12-24(13-11-20)36(34,35)32(23-9-5-6-21(18-23)26(27,28)29)19-25(33)31-16-14-30(15-17-31)22-7-3-2-4-8-22/h2-13,18H,14-17,19H2,1H3. The van der Waals surface area contributed by atoms with E-state index in [-0.39, 0.29) is 10.6 Å². The Labute approximate surface area is 208 Å². The summed E-state index contributed by atoms with van der Waals surface area (Å²) < 4.78 is 67.9. The van der Waals surface area contributed by atoms with Crippen LogP contribution in [0, 0.1) is 6.92 Å². The van der Waals surface area contributed by atoms with E-state index in [1.165, 1.54) is 18.2 Å². The number of nitrogens with zero attached hydrogens (tertiary/aromatic N) is 3. The van der Waals surface area contributed by atoms with Gasteiger partial charge >= 0.3 is 6.18 Å². The molecule has 0 N–H and O–H groups in total. The molecule has 0 bridgehead atoms. The third kappa shape index (κ3) is 5.64. The number of sulfonamides is 1. The van der Waals surface area contributed by atoms with Gasteiger partial charge in [0, 0.05) is 31.9 Å². The lowest BCUT2D eigenvalue weighted by Crippen LogP contribution is -2.52. The maximum atomic E-state index is 13.5. The van der Waals surface area contributed by atoms with Crippen LogP contribution in [0.5, 0.6) is 0 Å². The normalized spacial score (nSPS) is 14.6. The molecular weight excluding hydrogens is 491 g/mol. The van der Waals surface area contributed by atoms with Gasteiger partial charge in [0.25, 0.3) is 10.0 Å². The first kappa shape index (κ1) is 25.6. The number of aryl methyl sites for hydroxylation is 1. The zero-order valence-electron chi connectivity index (χ0n) is 19.6. The van der Waals surface area contributed by atoms with Crippen molar-refractivity contribution in [3.8, 4) is 0 Å². The van der Waals surface area contributed by atoms with Crippen LogP contribution in [0.15, 0.2) is 83.8 Å². The summed E-state index contributed by atoms with van der Waals surface area (Å²) >= 11 is 0. The smallest absolute Gasteiger partial charge is 0.368 e. The number of alkyl halides is 3. The van der Waals surface area contributed by atoms with Crippen LogP contribution >= 0.6 is 0 Å². The number of carbonyl (C=O) groups excluding carboxylic acids is 1. The van der Waals surface area contributed by atoms with E-state index in [0.29, 0.717) is 26.2 Å². The van der Waals surface area contributed by atoms with E-state index in [2.05, 4.69) is 4.90 Å². The number of piperazine rings is 1. The lowest BCUT2D eigenvalue weighted by Gasteiger charge is -2.37. The number of hydrogen-bond acceptors (Lipinski definition) is 4. The van der Waals surface area contributed by atoms with Crippen molar-refractivity contribution in [2.45, 2.75) is 18.0 Å². The fourth-order valence-corrected chi connectivity index (χ4v) is 5.47. The largest absolute Gasteiger partial charge is 0.416 e. The topological polar surface area (TPSA) is 60.9 Å². The number of para-hydroxylation sites is 1. The SMILES string of the molecule is Cc1ccc(S(=O)(=O)N(CC(=O)N2CCN(c3ccccc3)CC2)c2cccc(C(F)(F)F)c2)cc1. The number of amides is 1. The quantitative estimate of drug-likeness (QED) is 0.481. The third-order valence-corrected chi connectivity index (χ3v) is 7.89. The molecule has 3 aromatic carbocycles. The Balaban J connectivity index is 1.60. The van der Waals surface area contributed by atoms with Crippen LogP contribution in [-0.2, 0) is 21.0 Å². The van der Waals surface area contributed by atoms with Crippen LogP contribution in [0.3, 0.4) is 0 Å². The first-order valence-electron chi connectivity index (χ1n) is 11.4. The van der Waals surface area contributed by atoms with Crippen molar-refractivity contribution < 1.29 is 26.4 Å². The molecule has 1 saturated heterocycles. The van der Waals surface area contributed by atoms with E-state index < -0.39 is 34.2 Å². The molecule has 1 heterocycles. The molecule has 0 aromatic heterocycles. The third-order valence-electron chi connectivity index (χ3n) is 6.10.